The van der Waals surface area contributed by atoms with E-state index in [4.69, 9.17) is 15.6 Å². The highest BCUT2D eigenvalue weighted by Gasteiger charge is 2.10. The number of nitrogen functional groups attached to an aromatic ring is 1. The van der Waals surface area contributed by atoms with E-state index >= 15 is 0 Å². The second-order valence-electron chi connectivity index (χ2n) is 4.35. The number of ether oxygens (including phenoxy) is 1. The van der Waals surface area contributed by atoms with Gasteiger partial charge in [0.2, 0.25) is 0 Å². The fourth-order valence-corrected chi connectivity index (χ4v) is 1.75. The molecule has 2 rings (SSSR count). The molecule has 0 fully saturated rings. The molecule has 0 unspecified atom stereocenters. The van der Waals surface area contributed by atoms with E-state index < -0.39 is 5.97 Å². The normalized spacial score (nSPS) is 10.2. The zero-order valence-corrected chi connectivity index (χ0v) is 10.8. The summed E-state index contributed by atoms with van der Waals surface area (Å²) in [6.07, 6.45) is 0. The molecule has 2 aromatic carbocycles. The third-order valence-corrected chi connectivity index (χ3v) is 3.04. The van der Waals surface area contributed by atoms with Crippen molar-refractivity contribution < 1.29 is 14.6 Å². The van der Waals surface area contributed by atoms with Gasteiger partial charge in [-0.3, -0.25) is 0 Å². The molecular weight excluding hydrogens is 242 g/mol. The number of carbonyl (C=O) groups is 1. The average molecular weight is 257 g/mol. The molecular formula is C15H15NO3. The van der Waals surface area contributed by atoms with Gasteiger partial charge in [0, 0.05) is 5.69 Å². The molecule has 0 aliphatic carbocycles. The van der Waals surface area contributed by atoms with Crippen LogP contribution in [0.2, 0.25) is 0 Å². The molecule has 0 saturated heterocycles. The summed E-state index contributed by atoms with van der Waals surface area (Å²) in [6.45, 7) is 3.95. The quantitative estimate of drug-likeness (QED) is 0.827. The molecule has 0 bridgehead atoms. The number of anilines is 1. The highest BCUT2D eigenvalue weighted by molar-refractivity contribution is 5.94. The van der Waals surface area contributed by atoms with Crippen molar-refractivity contribution >= 4 is 11.7 Å². The predicted molar refractivity (Wildman–Crippen MR) is 73.8 cm³/mol. The van der Waals surface area contributed by atoms with Crippen molar-refractivity contribution in [3.8, 4) is 11.5 Å². The monoisotopic (exact) mass is 257 g/mol. The van der Waals surface area contributed by atoms with Crippen LogP contribution in [0.5, 0.6) is 11.5 Å². The van der Waals surface area contributed by atoms with Gasteiger partial charge >= 0.3 is 5.97 Å². The molecule has 0 aromatic heterocycles. The standard InChI is InChI=1S/C15H15NO3/c1-9-4-3-5-14(10(9)2)19-11-6-7-13(16)12(8-11)15(17)18/h3-8H,16H2,1-2H3,(H,17,18). The van der Waals surface area contributed by atoms with Gasteiger partial charge in [-0.2, -0.15) is 0 Å². The van der Waals surface area contributed by atoms with Crippen molar-refractivity contribution in [1.82, 2.24) is 0 Å². The van der Waals surface area contributed by atoms with Gasteiger partial charge in [-0.1, -0.05) is 12.1 Å². The number of nitrogens with two attached hydrogens (primary N) is 1. The second kappa shape index (κ2) is 5.02. The number of aromatic carboxylic acids is 1. The number of hydrogen-bond donors (Lipinski definition) is 2. The van der Waals surface area contributed by atoms with Crippen molar-refractivity contribution in [3.05, 3.63) is 53.1 Å². The van der Waals surface area contributed by atoms with Crippen LogP contribution in [-0.2, 0) is 0 Å². The topological polar surface area (TPSA) is 72.5 Å². The summed E-state index contributed by atoms with van der Waals surface area (Å²) >= 11 is 0. The highest BCUT2D eigenvalue weighted by atomic mass is 16.5. The minimum absolute atomic E-state index is 0.0443. The first kappa shape index (κ1) is 13.0. The molecule has 0 heterocycles. The molecule has 0 atom stereocenters. The van der Waals surface area contributed by atoms with E-state index in [-0.39, 0.29) is 11.3 Å². The van der Waals surface area contributed by atoms with E-state index in [1.54, 1.807) is 6.07 Å². The Labute approximate surface area is 111 Å². The largest absolute Gasteiger partial charge is 0.478 e. The molecule has 0 radical (unpaired) electrons. The lowest BCUT2D eigenvalue weighted by Crippen LogP contribution is -2.02. The molecule has 98 valence electrons. The molecule has 0 aliphatic heterocycles. The van der Waals surface area contributed by atoms with Crippen LogP contribution in [-0.4, -0.2) is 11.1 Å². The Balaban J connectivity index is 2.36. The highest BCUT2D eigenvalue weighted by Crippen LogP contribution is 2.28. The minimum Gasteiger partial charge on any atom is -0.478 e. The summed E-state index contributed by atoms with van der Waals surface area (Å²) in [5, 5.41) is 9.02. The van der Waals surface area contributed by atoms with Crippen LogP contribution < -0.4 is 10.5 Å². The number of aryl methyl sites for hydroxylation is 1. The lowest BCUT2D eigenvalue weighted by Gasteiger charge is -2.11. The number of benzene rings is 2. The van der Waals surface area contributed by atoms with Gasteiger partial charge in [-0.25, -0.2) is 4.79 Å². The number of rotatable bonds is 3. The van der Waals surface area contributed by atoms with Crippen LogP contribution >= 0.6 is 0 Å². The Bertz CT molecular complexity index is 635. The Morgan fingerprint density at radius 2 is 1.95 bits per heavy atom. The van der Waals surface area contributed by atoms with Crippen LogP contribution in [0.15, 0.2) is 36.4 Å². The predicted octanol–water partition coefficient (Wildman–Crippen LogP) is 3.38. The maximum atomic E-state index is 11.0. The van der Waals surface area contributed by atoms with Crippen LogP contribution in [0.25, 0.3) is 0 Å². The van der Waals surface area contributed by atoms with Crippen molar-refractivity contribution in [2.75, 3.05) is 5.73 Å². The van der Waals surface area contributed by atoms with Crippen molar-refractivity contribution in [1.29, 1.82) is 0 Å². The summed E-state index contributed by atoms with van der Waals surface area (Å²) in [5.41, 5.74) is 8.01. The van der Waals surface area contributed by atoms with Gasteiger partial charge in [0.15, 0.2) is 0 Å². The first-order valence-corrected chi connectivity index (χ1v) is 5.86. The summed E-state index contributed by atoms with van der Waals surface area (Å²) in [4.78, 5) is 11.0. The molecule has 0 aliphatic rings. The van der Waals surface area contributed by atoms with Crippen LogP contribution in [0.3, 0.4) is 0 Å². The molecule has 0 spiro atoms. The first-order valence-electron chi connectivity index (χ1n) is 5.86. The van der Waals surface area contributed by atoms with Gasteiger partial charge < -0.3 is 15.6 Å². The molecule has 2 aromatic rings. The molecule has 3 N–H and O–H groups in total. The van der Waals surface area contributed by atoms with E-state index in [0.29, 0.717) is 11.5 Å². The fraction of sp³-hybridized carbons (Fsp3) is 0.133. The Kier molecular flexibility index (Phi) is 3.42. The average Bonchev–Trinajstić information content (AvgIpc) is 2.37. The third kappa shape index (κ3) is 2.68. The molecule has 4 nitrogen and oxygen atoms in total. The molecule has 0 amide bonds. The van der Waals surface area contributed by atoms with Crippen molar-refractivity contribution in [3.63, 3.8) is 0 Å². The molecule has 0 saturated carbocycles. The van der Waals surface area contributed by atoms with Gasteiger partial charge in [0.1, 0.15) is 11.5 Å². The zero-order valence-electron chi connectivity index (χ0n) is 10.8. The Hall–Kier alpha value is -2.49. The van der Waals surface area contributed by atoms with Crippen LogP contribution in [0, 0.1) is 13.8 Å². The van der Waals surface area contributed by atoms with Crippen LogP contribution in [0.4, 0.5) is 5.69 Å². The Morgan fingerprint density at radius 1 is 1.21 bits per heavy atom. The summed E-state index contributed by atoms with van der Waals surface area (Å²) in [5.74, 6) is 0.102. The van der Waals surface area contributed by atoms with E-state index in [1.165, 1.54) is 12.1 Å². The van der Waals surface area contributed by atoms with E-state index in [2.05, 4.69) is 0 Å². The fourth-order valence-electron chi connectivity index (χ4n) is 1.75. The van der Waals surface area contributed by atoms with E-state index in [9.17, 15) is 4.79 Å². The van der Waals surface area contributed by atoms with Gasteiger partial charge in [-0.15, -0.1) is 0 Å². The van der Waals surface area contributed by atoms with Crippen molar-refractivity contribution in [2.45, 2.75) is 13.8 Å². The molecule has 19 heavy (non-hydrogen) atoms. The third-order valence-electron chi connectivity index (χ3n) is 3.04. The number of carboxylic acid groups (broad SMARTS) is 1. The summed E-state index contributed by atoms with van der Waals surface area (Å²) in [6, 6.07) is 10.4. The van der Waals surface area contributed by atoms with Gasteiger partial charge in [0.05, 0.1) is 5.56 Å². The lowest BCUT2D eigenvalue weighted by molar-refractivity contribution is 0.0697. The second-order valence-corrected chi connectivity index (χ2v) is 4.35. The Morgan fingerprint density at radius 3 is 2.63 bits per heavy atom. The SMILES string of the molecule is Cc1cccc(Oc2ccc(N)c(C(=O)O)c2)c1C. The summed E-state index contributed by atoms with van der Waals surface area (Å²) in [7, 11) is 0. The minimum atomic E-state index is -1.07. The molecule has 4 heteroatoms. The zero-order chi connectivity index (χ0) is 14.0. The van der Waals surface area contributed by atoms with E-state index in [1.807, 2.05) is 32.0 Å². The number of carboxylic acids is 1. The maximum Gasteiger partial charge on any atom is 0.337 e. The van der Waals surface area contributed by atoms with Crippen molar-refractivity contribution in [2.24, 2.45) is 0 Å². The maximum absolute atomic E-state index is 11.0. The van der Waals surface area contributed by atoms with E-state index in [0.717, 1.165) is 11.1 Å². The first-order chi connectivity index (χ1) is 8.99. The van der Waals surface area contributed by atoms with Gasteiger partial charge in [0.25, 0.3) is 0 Å². The summed E-state index contributed by atoms with van der Waals surface area (Å²) < 4.78 is 5.72. The van der Waals surface area contributed by atoms with Crippen LogP contribution in [0.1, 0.15) is 21.5 Å². The lowest BCUT2D eigenvalue weighted by atomic mass is 10.1. The number of hydrogen-bond acceptors (Lipinski definition) is 3. The van der Waals surface area contributed by atoms with Gasteiger partial charge in [-0.05, 0) is 49.2 Å². The smallest absolute Gasteiger partial charge is 0.337 e.